The third-order valence-electron chi connectivity index (χ3n) is 9.21. The minimum Gasteiger partial charge on any atom is -0.493 e. The maximum atomic E-state index is 13.7. The molecule has 5 rings (SSSR count). The number of β-amino-alcohol motifs (C(OH)–C–C–N with tert-alkyl or cyclic N) is 1. The van der Waals surface area contributed by atoms with Crippen LogP contribution < -0.4 is 14.8 Å². The summed E-state index contributed by atoms with van der Waals surface area (Å²) in [5.74, 6) is -3.06. The normalized spacial score (nSPS) is 26.9. The number of halogens is 4. The number of rotatable bonds is 17. The summed E-state index contributed by atoms with van der Waals surface area (Å²) in [4.78, 5) is 1.14. The fourth-order valence-corrected chi connectivity index (χ4v) is 6.60. The molecule has 1 saturated heterocycles. The van der Waals surface area contributed by atoms with Crippen molar-refractivity contribution in [2.24, 2.45) is 5.92 Å². The van der Waals surface area contributed by atoms with Gasteiger partial charge < -0.3 is 39.7 Å². The maximum Gasteiger partial charge on any atom is 0.255 e. The van der Waals surface area contributed by atoms with Crippen LogP contribution in [0.2, 0.25) is 5.02 Å². The van der Waals surface area contributed by atoms with Crippen molar-refractivity contribution in [3.8, 4) is 11.5 Å². The van der Waals surface area contributed by atoms with Gasteiger partial charge in [-0.2, -0.15) is 0 Å². The second kappa shape index (κ2) is 15.5. The molecule has 0 spiro atoms. The number of hydrogen-bond acceptors (Lipinski definition) is 8. The fraction of sp³-hybridized carbons (Fsp3) is 0.543. The van der Waals surface area contributed by atoms with Gasteiger partial charge in [0, 0.05) is 50.8 Å². The highest BCUT2D eigenvalue weighted by atomic mass is 35.5. The first-order valence-electron chi connectivity index (χ1n) is 16.1. The summed E-state index contributed by atoms with van der Waals surface area (Å²) in [6, 6.07) is 12.4. The lowest BCUT2D eigenvalue weighted by molar-refractivity contribution is -0.0540. The quantitative estimate of drug-likeness (QED) is 0.135. The molecular weight excluding hydrogens is 653 g/mol. The lowest BCUT2D eigenvalue weighted by Gasteiger charge is -2.45. The van der Waals surface area contributed by atoms with E-state index in [9.17, 15) is 24.1 Å². The fourth-order valence-electron chi connectivity index (χ4n) is 6.02. The number of hydrogen-bond donors (Lipinski definition) is 4. The Kier molecular flexibility index (Phi) is 11.9. The van der Waals surface area contributed by atoms with Gasteiger partial charge >= 0.3 is 0 Å². The minimum absolute atomic E-state index is 0.0232. The van der Waals surface area contributed by atoms with Gasteiger partial charge in [-0.05, 0) is 43.0 Å². The van der Waals surface area contributed by atoms with E-state index < -0.39 is 28.4 Å². The smallest absolute Gasteiger partial charge is 0.255 e. The number of aliphatic hydroxyl groups excluding tert-OH is 3. The molecule has 47 heavy (non-hydrogen) atoms. The monoisotopic (exact) mass is 696 g/mol. The first-order chi connectivity index (χ1) is 22.5. The second-order valence-electron chi connectivity index (χ2n) is 12.7. The number of likely N-dealkylation sites (tertiary alicyclic amines) is 1. The summed E-state index contributed by atoms with van der Waals surface area (Å²) >= 11 is 14.2. The first-order valence-corrected chi connectivity index (χ1v) is 16.8. The third-order valence-corrected chi connectivity index (χ3v) is 10.0. The van der Waals surface area contributed by atoms with Gasteiger partial charge in [-0.25, -0.2) is 8.78 Å². The Hall–Kier alpha value is -2.28. The molecule has 258 valence electrons. The van der Waals surface area contributed by atoms with Crippen LogP contribution in [0.1, 0.15) is 37.3 Å². The Morgan fingerprint density at radius 1 is 1.11 bits per heavy atom. The Balaban J connectivity index is 1.37. The summed E-state index contributed by atoms with van der Waals surface area (Å²) in [6.45, 7) is 3.92. The molecule has 0 bridgehead atoms. The summed E-state index contributed by atoms with van der Waals surface area (Å²) < 4.78 is 46.2. The van der Waals surface area contributed by atoms with E-state index in [0.717, 1.165) is 30.6 Å². The number of benzene rings is 2. The van der Waals surface area contributed by atoms with Crippen LogP contribution in [0.15, 0.2) is 60.7 Å². The van der Waals surface area contributed by atoms with Crippen molar-refractivity contribution in [1.82, 2.24) is 10.2 Å². The molecule has 1 heterocycles. The molecule has 2 aliphatic carbocycles. The van der Waals surface area contributed by atoms with Crippen molar-refractivity contribution < 1.29 is 38.3 Å². The van der Waals surface area contributed by atoms with Crippen LogP contribution in [-0.2, 0) is 11.3 Å². The number of nitrogens with zero attached hydrogens (tertiary/aromatic N) is 1. The number of ether oxygens (including phenoxy) is 3. The standard InChI is InChI=1S/C35H44Cl2F2N2O6/c1-33(37)29(24-7-3-2-4-8-24)9-5-11-34(33,47-14-6-12-41-13-10-28(44)19-41)23-46-32-16-31(45-22-26-17-35(26,38)39)25(15-30(32)36)18-40-27(20-42)21-43/h2-5,7-9,11,15-16,26-28,40,42-44H,6,10,12-14,17-23H2,1H3/t26?,28-,33?,34?/m1/s1. The van der Waals surface area contributed by atoms with E-state index in [1.807, 2.05) is 55.5 Å². The van der Waals surface area contributed by atoms with Crippen molar-refractivity contribution in [2.45, 2.75) is 61.3 Å². The van der Waals surface area contributed by atoms with E-state index >= 15 is 0 Å². The maximum absolute atomic E-state index is 13.7. The van der Waals surface area contributed by atoms with E-state index in [2.05, 4.69) is 10.2 Å². The lowest BCUT2D eigenvalue weighted by atomic mass is 9.76. The van der Waals surface area contributed by atoms with Crippen LogP contribution in [0.4, 0.5) is 8.78 Å². The lowest BCUT2D eigenvalue weighted by Crippen LogP contribution is -2.55. The molecule has 0 radical (unpaired) electrons. The third kappa shape index (κ3) is 8.66. The van der Waals surface area contributed by atoms with Crippen LogP contribution in [-0.4, -0.2) is 101 Å². The average Bonchev–Trinajstić information content (AvgIpc) is 3.45. The zero-order valence-corrected chi connectivity index (χ0v) is 28.0. The van der Waals surface area contributed by atoms with Crippen molar-refractivity contribution in [1.29, 1.82) is 0 Å². The number of aliphatic hydroxyl groups is 3. The van der Waals surface area contributed by atoms with Gasteiger partial charge in [-0.3, -0.25) is 0 Å². The molecule has 12 heteroatoms. The molecule has 1 aliphatic heterocycles. The minimum atomic E-state index is -2.75. The Bertz CT molecular complexity index is 1410. The van der Waals surface area contributed by atoms with Gasteiger partial charge in [0.1, 0.15) is 28.6 Å². The zero-order valence-electron chi connectivity index (χ0n) is 26.5. The largest absolute Gasteiger partial charge is 0.493 e. The second-order valence-corrected chi connectivity index (χ2v) is 13.9. The summed E-state index contributed by atoms with van der Waals surface area (Å²) in [7, 11) is 0. The van der Waals surface area contributed by atoms with Crippen LogP contribution in [0.3, 0.4) is 0 Å². The van der Waals surface area contributed by atoms with Crippen LogP contribution in [0.25, 0.3) is 5.57 Å². The average molecular weight is 698 g/mol. The predicted octanol–water partition coefficient (Wildman–Crippen LogP) is 5.06. The molecular formula is C35H44Cl2F2N2O6. The number of nitrogens with one attached hydrogen (secondary N) is 1. The molecule has 4 N–H and O–H groups in total. The Morgan fingerprint density at radius 3 is 2.51 bits per heavy atom. The molecule has 3 aliphatic rings. The topological polar surface area (TPSA) is 104 Å². The molecule has 2 aromatic carbocycles. The van der Waals surface area contributed by atoms with E-state index in [4.69, 9.17) is 37.4 Å². The van der Waals surface area contributed by atoms with Crippen LogP contribution >= 0.6 is 23.2 Å². The van der Waals surface area contributed by atoms with E-state index in [1.54, 1.807) is 12.1 Å². The Labute approximate surface area is 284 Å². The highest BCUT2D eigenvalue weighted by Gasteiger charge is 2.57. The van der Waals surface area contributed by atoms with E-state index in [0.29, 0.717) is 30.9 Å². The highest BCUT2D eigenvalue weighted by Crippen LogP contribution is 2.50. The molecule has 2 fully saturated rings. The van der Waals surface area contributed by atoms with E-state index in [1.165, 1.54) is 0 Å². The SMILES string of the molecule is CC1(Cl)C(c2ccccc2)=CC=CC1(COc1cc(OCC2CC2(F)F)c(CNC(CO)CO)cc1Cl)OCCCN1CC[C@@H](O)C1. The molecule has 8 nitrogen and oxygen atoms in total. The molecule has 4 atom stereocenters. The van der Waals surface area contributed by atoms with Crippen molar-refractivity contribution >= 4 is 28.8 Å². The van der Waals surface area contributed by atoms with Gasteiger partial charge in [0.25, 0.3) is 5.92 Å². The van der Waals surface area contributed by atoms with Gasteiger partial charge in [-0.1, -0.05) is 54.1 Å². The number of alkyl halides is 3. The van der Waals surface area contributed by atoms with Crippen LogP contribution in [0.5, 0.6) is 11.5 Å². The number of allylic oxidation sites excluding steroid dienone is 2. The first kappa shape index (κ1) is 36.0. The summed E-state index contributed by atoms with van der Waals surface area (Å²) in [6.07, 6.45) is 6.73. The van der Waals surface area contributed by atoms with Gasteiger partial charge in [0.05, 0.1) is 42.9 Å². The van der Waals surface area contributed by atoms with Gasteiger partial charge in [0.15, 0.2) is 0 Å². The van der Waals surface area contributed by atoms with E-state index in [-0.39, 0.29) is 56.3 Å². The molecule has 3 unspecified atom stereocenters. The summed E-state index contributed by atoms with van der Waals surface area (Å²) in [5, 5.41) is 32.1. The summed E-state index contributed by atoms with van der Waals surface area (Å²) in [5.41, 5.74) is 1.23. The molecule has 1 saturated carbocycles. The van der Waals surface area contributed by atoms with Gasteiger partial charge in [-0.15, -0.1) is 11.6 Å². The molecule has 0 amide bonds. The van der Waals surface area contributed by atoms with Crippen molar-refractivity contribution in [2.75, 3.05) is 52.7 Å². The molecule has 0 aromatic heterocycles. The molecule has 2 aromatic rings. The predicted molar refractivity (Wildman–Crippen MR) is 178 cm³/mol. The van der Waals surface area contributed by atoms with Crippen molar-refractivity contribution in [3.63, 3.8) is 0 Å². The zero-order chi connectivity index (χ0) is 33.7. The van der Waals surface area contributed by atoms with Crippen molar-refractivity contribution in [3.05, 3.63) is 76.8 Å². The highest BCUT2D eigenvalue weighted by molar-refractivity contribution is 6.32. The van der Waals surface area contributed by atoms with Crippen LogP contribution in [0, 0.1) is 5.92 Å². The Morgan fingerprint density at radius 2 is 1.85 bits per heavy atom. The van der Waals surface area contributed by atoms with Gasteiger partial charge in [0.2, 0.25) is 0 Å².